The molecule has 0 fully saturated rings. The summed E-state index contributed by atoms with van der Waals surface area (Å²) < 4.78 is 0. The number of amides is 1. The first kappa shape index (κ1) is 12.9. The van der Waals surface area contributed by atoms with Crippen LogP contribution >= 0.6 is 0 Å². The van der Waals surface area contributed by atoms with Crippen LogP contribution in [0.4, 0.5) is 0 Å². The van der Waals surface area contributed by atoms with Gasteiger partial charge in [-0.05, 0) is 19.8 Å². The highest BCUT2D eigenvalue weighted by Crippen LogP contribution is 2.04. The Kier molecular flexibility index (Phi) is 5.92. The number of rotatable bonds is 6. The van der Waals surface area contributed by atoms with Crippen molar-refractivity contribution in [3.05, 3.63) is 0 Å². The Hall–Kier alpha value is -1.06. The van der Waals surface area contributed by atoms with E-state index in [0.717, 1.165) is 12.8 Å². The monoisotopic (exact) mass is 201 g/mol. The molecule has 82 valence electrons. The molecule has 0 radical (unpaired) electrons. The second-order valence-electron chi connectivity index (χ2n) is 3.39. The molecule has 0 aromatic rings. The molecular weight excluding hydrogens is 182 g/mol. The summed E-state index contributed by atoms with van der Waals surface area (Å²) in [6.07, 6.45) is 1.72. The van der Waals surface area contributed by atoms with E-state index in [1.807, 2.05) is 13.8 Å². The molecule has 0 spiro atoms. The zero-order chi connectivity index (χ0) is 11.1. The van der Waals surface area contributed by atoms with Crippen molar-refractivity contribution in [2.45, 2.75) is 33.6 Å². The lowest BCUT2D eigenvalue weighted by Crippen LogP contribution is -2.39. The maximum atomic E-state index is 11.6. The van der Waals surface area contributed by atoms with E-state index in [1.54, 1.807) is 4.90 Å². The van der Waals surface area contributed by atoms with Gasteiger partial charge in [0, 0.05) is 13.1 Å². The topological polar surface area (TPSA) is 57.6 Å². The van der Waals surface area contributed by atoms with Crippen LogP contribution in [0.2, 0.25) is 0 Å². The Morgan fingerprint density at radius 1 is 1.21 bits per heavy atom. The minimum absolute atomic E-state index is 0.277. The molecule has 0 aliphatic carbocycles. The normalized spacial score (nSPS) is 12.2. The Labute approximate surface area is 84.9 Å². The van der Waals surface area contributed by atoms with Crippen molar-refractivity contribution in [1.29, 1.82) is 0 Å². The molecule has 4 nitrogen and oxygen atoms in total. The molecule has 0 aliphatic heterocycles. The van der Waals surface area contributed by atoms with E-state index in [4.69, 9.17) is 5.11 Å². The molecule has 1 amide bonds. The number of carbonyl (C=O) groups excluding carboxylic acids is 1. The van der Waals surface area contributed by atoms with Gasteiger partial charge in [-0.25, -0.2) is 0 Å². The van der Waals surface area contributed by atoms with Gasteiger partial charge in [0.2, 0.25) is 5.91 Å². The van der Waals surface area contributed by atoms with Gasteiger partial charge in [-0.15, -0.1) is 0 Å². The van der Waals surface area contributed by atoms with Crippen molar-refractivity contribution in [1.82, 2.24) is 4.90 Å². The van der Waals surface area contributed by atoms with Crippen LogP contribution in [-0.4, -0.2) is 35.0 Å². The van der Waals surface area contributed by atoms with E-state index in [0.29, 0.717) is 13.1 Å². The summed E-state index contributed by atoms with van der Waals surface area (Å²) in [6, 6.07) is 0. The zero-order valence-electron chi connectivity index (χ0n) is 9.12. The van der Waals surface area contributed by atoms with Crippen molar-refractivity contribution in [3.8, 4) is 0 Å². The number of carboxylic acids is 1. The smallest absolute Gasteiger partial charge is 0.315 e. The highest BCUT2D eigenvalue weighted by atomic mass is 16.4. The van der Waals surface area contributed by atoms with Crippen molar-refractivity contribution < 1.29 is 14.7 Å². The fraction of sp³-hybridized carbons (Fsp3) is 0.800. The van der Waals surface area contributed by atoms with Gasteiger partial charge in [0.05, 0.1) is 0 Å². The van der Waals surface area contributed by atoms with Crippen LogP contribution in [0, 0.1) is 5.92 Å². The molecular formula is C10H19NO3. The minimum atomic E-state index is -1.05. The molecule has 0 heterocycles. The molecule has 1 N–H and O–H groups in total. The second kappa shape index (κ2) is 6.40. The summed E-state index contributed by atoms with van der Waals surface area (Å²) >= 11 is 0. The van der Waals surface area contributed by atoms with Crippen molar-refractivity contribution >= 4 is 11.9 Å². The van der Waals surface area contributed by atoms with Crippen LogP contribution < -0.4 is 0 Å². The maximum Gasteiger partial charge on any atom is 0.315 e. The van der Waals surface area contributed by atoms with Gasteiger partial charge in [0.15, 0.2) is 0 Å². The van der Waals surface area contributed by atoms with Crippen LogP contribution in [0.25, 0.3) is 0 Å². The summed E-state index contributed by atoms with van der Waals surface area (Å²) in [7, 11) is 0. The third-order valence-corrected chi connectivity index (χ3v) is 2.04. The molecule has 0 aliphatic rings. The predicted molar refractivity (Wildman–Crippen MR) is 54.0 cm³/mol. The summed E-state index contributed by atoms with van der Waals surface area (Å²) in [5, 5.41) is 8.69. The van der Waals surface area contributed by atoms with Crippen LogP contribution in [0.15, 0.2) is 0 Å². The SMILES string of the molecule is CCCN(CCC)C(=O)C(C)C(=O)O. The van der Waals surface area contributed by atoms with Gasteiger partial charge in [-0.2, -0.15) is 0 Å². The average Bonchev–Trinajstić information content (AvgIpc) is 2.15. The molecule has 14 heavy (non-hydrogen) atoms. The van der Waals surface area contributed by atoms with E-state index in [-0.39, 0.29) is 5.91 Å². The molecule has 0 aromatic heterocycles. The van der Waals surface area contributed by atoms with Gasteiger partial charge in [-0.1, -0.05) is 13.8 Å². The molecule has 1 atom stereocenters. The fourth-order valence-corrected chi connectivity index (χ4v) is 1.25. The molecule has 0 bridgehead atoms. The first-order valence-corrected chi connectivity index (χ1v) is 5.06. The fourth-order valence-electron chi connectivity index (χ4n) is 1.25. The summed E-state index contributed by atoms with van der Waals surface area (Å²) in [4.78, 5) is 23.8. The highest BCUT2D eigenvalue weighted by Gasteiger charge is 2.24. The summed E-state index contributed by atoms with van der Waals surface area (Å²) in [5.41, 5.74) is 0. The number of carbonyl (C=O) groups is 2. The summed E-state index contributed by atoms with van der Waals surface area (Å²) in [5.74, 6) is -2.25. The second-order valence-corrected chi connectivity index (χ2v) is 3.39. The van der Waals surface area contributed by atoms with Gasteiger partial charge in [-0.3, -0.25) is 9.59 Å². The van der Waals surface area contributed by atoms with Gasteiger partial charge in [0.1, 0.15) is 5.92 Å². The molecule has 4 heteroatoms. The van der Waals surface area contributed by atoms with Crippen LogP contribution in [0.5, 0.6) is 0 Å². The summed E-state index contributed by atoms with van der Waals surface area (Å²) in [6.45, 7) is 6.67. The minimum Gasteiger partial charge on any atom is -0.481 e. The van der Waals surface area contributed by atoms with E-state index in [1.165, 1.54) is 6.92 Å². The number of aliphatic carboxylic acids is 1. The van der Waals surface area contributed by atoms with Crippen LogP contribution in [0.3, 0.4) is 0 Å². The zero-order valence-corrected chi connectivity index (χ0v) is 9.12. The Morgan fingerprint density at radius 3 is 1.93 bits per heavy atom. The lowest BCUT2D eigenvalue weighted by atomic mass is 10.1. The third-order valence-electron chi connectivity index (χ3n) is 2.04. The molecule has 0 saturated carbocycles. The van der Waals surface area contributed by atoms with Gasteiger partial charge < -0.3 is 10.0 Å². The number of hydrogen-bond acceptors (Lipinski definition) is 2. The quantitative estimate of drug-likeness (QED) is 0.660. The number of nitrogens with zero attached hydrogens (tertiary/aromatic N) is 1. The van der Waals surface area contributed by atoms with E-state index < -0.39 is 11.9 Å². The number of carboxylic acid groups (broad SMARTS) is 1. The van der Waals surface area contributed by atoms with Gasteiger partial charge in [0.25, 0.3) is 0 Å². The molecule has 0 rings (SSSR count). The Bertz CT molecular complexity index is 198. The molecule has 0 aromatic carbocycles. The van der Waals surface area contributed by atoms with Crippen LogP contribution in [0.1, 0.15) is 33.6 Å². The van der Waals surface area contributed by atoms with Crippen molar-refractivity contribution in [2.75, 3.05) is 13.1 Å². The Morgan fingerprint density at radius 2 is 1.64 bits per heavy atom. The van der Waals surface area contributed by atoms with E-state index in [2.05, 4.69) is 0 Å². The lowest BCUT2D eigenvalue weighted by molar-refractivity contribution is -0.150. The first-order valence-electron chi connectivity index (χ1n) is 5.06. The third kappa shape index (κ3) is 3.77. The van der Waals surface area contributed by atoms with Gasteiger partial charge >= 0.3 is 5.97 Å². The predicted octanol–water partition coefficient (Wildman–Crippen LogP) is 1.36. The first-order chi connectivity index (χ1) is 6.54. The van der Waals surface area contributed by atoms with E-state index >= 15 is 0 Å². The lowest BCUT2D eigenvalue weighted by Gasteiger charge is -2.23. The van der Waals surface area contributed by atoms with Crippen LogP contribution in [-0.2, 0) is 9.59 Å². The van der Waals surface area contributed by atoms with Crippen molar-refractivity contribution in [3.63, 3.8) is 0 Å². The average molecular weight is 201 g/mol. The Balaban J connectivity index is 4.33. The van der Waals surface area contributed by atoms with Crippen molar-refractivity contribution in [2.24, 2.45) is 5.92 Å². The maximum absolute atomic E-state index is 11.6. The largest absolute Gasteiger partial charge is 0.481 e. The van der Waals surface area contributed by atoms with E-state index in [9.17, 15) is 9.59 Å². The number of hydrogen-bond donors (Lipinski definition) is 1. The standard InChI is InChI=1S/C10H19NO3/c1-4-6-11(7-5-2)9(12)8(3)10(13)14/h8H,4-7H2,1-3H3,(H,13,14). The highest BCUT2D eigenvalue weighted by molar-refractivity contribution is 5.96. The molecule has 0 saturated heterocycles. The molecule has 1 unspecified atom stereocenters.